The van der Waals surface area contributed by atoms with E-state index in [-0.39, 0.29) is 17.5 Å². The second kappa shape index (κ2) is 7.09. The molecule has 1 unspecified atom stereocenters. The molecule has 0 aliphatic rings. The molecule has 0 fully saturated rings. The van der Waals surface area contributed by atoms with Crippen molar-refractivity contribution in [2.24, 2.45) is 0 Å². The van der Waals surface area contributed by atoms with Crippen molar-refractivity contribution in [3.05, 3.63) is 60.7 Å². The minimum atomic E-state index is -0.0731. The predicted octanol–water partition coefficient (Wildman–Crippen LogP) is 4.55. The quantitative estimate of drug-likeness (QED) is 0.541. The van der Waals surface area contributed by atoms with Crippen LogP contribution >= 0.6 is 11.8 Å². The highest BCUT2D eigenvalue weighted by atomic mass is 32.2. The maximum Gasteiger partial charge on any atom is 0.124 e. The number of thioether (sulfide) groups is 1. The molecule has 0 bridgehead atoms. The fourth-order valence-corrected chi connectivity index (χ4v) is 2.82. The van der Waals surface area contributed by atoms with Crippen molar-refractivity contribution in [2.75, 3.05) is 11.1 Å². The van der Waals surface area contributed by atoms with E-state index < -0.39 is 0 Å². The van der Waals surface area contributed by atoms with Crippen LogP contribution in [-0.4, -0.2) is 16.0 Å². The molecule has 0 radical (unpaired) electrons. The standard InChI is InChI=1S/C17H19NO2S/c1-3-10-21-17-7-5-4-6-15(17)18-12(2)14-9-8-13(19)11-16(14)20/h3-9,11-12,18-20H,1,10H2,2H3. The summed E-state index contributed by atoms with van der Waals surface area (Å²) in [6, 6.07) is 12.6. The Labute approximate surface area is 129 Å². The molecular formula is C17H19NO2S. The number of nitrogens with one attached hydrogen (secondary N) is 1. The summed E-state index contributed by atoms with van der Waals surface area (Å²) in [5.41, 5.74) is 1.76. The summed E-state index contributed by atoms with van der Waals surface area (Å²) in [6.07, 6.45) is 1.87. The molecule has 21 heavy (non-hydrogen) atoms. The summed E-state index contributed by atoms with van der Waals surface area (Å²) in [5, 5.41) is 22.7. The van der Waals surface area contributed by atoms with Crippen LogP contribution in [0, 0.1) is 0 Å². The number of anilines is 1. The van der Waals surface area contributed by atoms with Gasteiger partial charge in [0, 0.05) is 28.0 Å². The summed E-state index contributed by atoms with van der Waals surface area (Å²) >= 11 is 1.71. The number of hydrogen-bond donors (Lipinski definition) is 3. The number of phenolic OH excluding ortho intramolecular Hbond substituents is 2. The van der Waals surface area contributed by atoms with E-state index in [1.807, 2.05) is 31.2 Å². The highest BCUT2D eigenvalue weighted by Crippen LogP contribution is 2.33. The summed E-state index contributed by atoms with van der Waals surface area (Å²) in [6.45, 7) is 5.71. The van der Waals surface area contributed by atoms with Crippen LogP contribution in [0.25, 0.3) is 0 Å². The first-order valence-corrected chi connectivity index (χ1v) is 7.71. The number of benzene rings is 2. The van der Waals surface area contributed by atoms with Gasteiger partial charge in [0.15, 0.2) is 0 Å². The number of rotatable bonds is 6. The molecule has 1 atom stereocenters. The van der Waals surface area contributed by atoms with Gasteiger partial charge in [0.05, 0.1) is 6.04 Å². The molecule has 0 aromatic heterocycles. The Morgan fingerprint density at radius 2 is 2.00 bits per heavy atom. The monoisotopic (exact) mass is 301 g/mol. The number of para-hydroxylation sites is 1. The Morgan fingerprint density at radius 1 is 1.24 bits per heavy atom. The number of phenols is 2. The van der Waals surface area contributed by atoms with E-state index in [4.69, 9.17) is 0 Å². The van der Waals surface area contributed by atoms with Crippen molar-refractivity contribution in [2.45, 2.75) is 17.9 Å². The minimum absolute atomic E-state index is 0.0605. The highest BCUT2D eigenvalue weighted by Gasteiger charge is 2.12. The van der Waals surface area contributed by atoms with Crippen molar-refractivity contribution in [3.8, 4) is 11.5 Å². The first-order valence-electron chi connectivity index (χ1n) is 6.73. The second-order valence-corrected chi connectivity index (χ2v) is 5.77. The van der Waals surface area contributed by atoms with E-state index >= 15 is 0 Å². The highest BCUT2D eigenvalue weighted by molar-refractivity contribution is 7.99. The lowest BCUT2D eigenvalue weighted by Gasteiger charge is -2.19. The molecule has 0 saturated heterocycles. The fraction of sp³-hybridized carbons (Fsp3) is 0.176. The third kappa shape index (κ3) is 3.95. The van der Waals surface area contributed by atoms with E-state index in [2.05, 4.69) is 18.0 Å². The minimum Gasteiger partial charge on any atom is -0.508 e. The molecule has 3 nitrogen and oxygen atoms in total. The van der Waals surface area contributed by atoms with Crippen molar-refractivity contribution in [3.63, 3.8) is 0 Å². The van der Waals surface area contributed by atoms with E-state index in [1.165, 1.54) is 6.07 Å². The van der Waals surface area contributed by atoms with Gasteiger partial charge in [-0.1, -0.05) is 18.2 Å². The first-order chi connectivity index (χ1) is 10.1. The van der Waals surface area contributed by atoms with Gasteiger partial charge >= 0.3 is 0 Å². The lowest BCUT2D eigenvalue weighted by molar-refractivity contribution is 0.444. The van der Waals surface area contributed by atoms with E-state index in [0.717, 1.165) is 21.9 Å². The van der Waals surface area contributed by atoms with Crippen LogP contribution in [0.3, 0.4) is 0 Å². The molecule has 0 aliphatic heterocycles. The van der Waals surface area contributed by atoms with Gasteiger partial charge in [-0.05, 0) is 31.2 Å². The van der Waals surface area contributed by atoms with Crippen molar-refractivity contribution < 1.29 is 10.2 Å². The Bertz CT molecular complexity index is 628. The average molecular weight is 301 g/mol. The Hall–Kier alpha value is -2.07. The zero-order valence-corrected chi connectivity index (χ0v) is 12.7. The van der Waals surface area contributed by atoms with Crippen LogP contribution in [0.2, 0.25) is 0 Å². The Kier molecular flexibility index (Phi) is 5.17. The lowest BCUT2D eigenvalue weighted by Crippen LogP contribution is -2.07. The summed E-state index contributed by atoms with van der Waals surface area (Å²) in [7, 11) is 0. The SMILES string of the molecule is C=CCSc1ccccc1NC(C)c1ccc(O)cc1O. The van der Waals surface area contributed by atoms with Crippen LogP contribution in [0.1, 0.15) is 18.5 Å². The molecule has 2 rings (SSSR count). The van der Waals surface area contributed by atoms with Crippen molar-refractivity contribution >= 4 is 17.4 Å². The number of aromatic hydroxyl groups is 2. The van der Waals surface area contributed by atoms with Crippen LogP contribution in [0.4, 0.5) is 5.69 Å². The average Bonchev–Trinajstić information content (AvgIpc) is 2.46. The molecule has 110 valence electrons. The maximum absolute atomic E-state index is 9.93. The van der Waals surface area contributed by atoms with E-state index in [1.54, 1.807) is 23.9 Å². The fourth-order valence-electron chi connectivity index (χ4n) is 2.07. The summed E-state index contributed by atoms with van der Waals surface area (Å²) < 4.78 is 0. The molecule has 0 saturated carbocycles. The predicted molar refractivity (Wildman–Crippen MR) is 89.2 cm³/mol. The molecule has 2 aromatic carbocycles. The largest absolute Gasteiger partial charge is 0.508 e. The van der Waals surface area contributed by atoms with Gasteiger partial charge in [0.2, 0.25) is 0 Å². The van der Waals surface area contributed by atoms with Gasteiger partial charge in [-0.15, -0.1) is 18.3 Å². The van der Waals surface area contributed by atoms with Crippen LogP contribution < -0.4 is 5.32 Å². The molecule has 0 aliphatic carbocycles. The summed E-state index contributed by atoms with van der Waals surface area (Å²) in [4.78, 5) is 1.14. The molecule has 0 amide bonds. The lowest BCUT2D eigenvalue weighted by atomic mass is 10.1. The van der Waals surface area contributed by atoms with Gasteiger partial charge < -0.3 is 15.5 Å². The topological polar surface area (TPSA) is 52.5 Å². The molecule has 2 aromatic rings. The normalized spacial score (nSPS) is 11.9. The molecule has 0 heterocycles. The Balaban J connectivity index is 2.19. The van der Waals surface area contributed by atoms with Crippen LogP contribution in [0.15, 0.2) is 60.0 Å². The zero-order valence-electron chi connectivity index (χ0n) is 11.9. The molecule has 0 spiro atoms. The van der Waals surface area contributed by atoms with Gasteiger partial charge in [-0.25, -0.2) is 0 Å². The van der Waals surface area contributed by atoms with Gasteiger partial charge in [-0.2, -0.15) is 0 Å². The maximum atomic E-state index is 9.93. The van der Waals surface area contributed by atoms with Crippen molar-refractivity contribution in [1.82, 2.24) is 0 Å². The summed E-state index contributed by atoms with van der Waals surface area (Å²) in [5.74, 6) is 0.994. The van der Waals surface area contributed by atoms with Crippen LogP contribution in [0.5, 0.6) is 11.5 Å². The van der Waals surface area contributed by atoms with E-state index in [0.29, 0.717) is 0 Å². The van der Waals surface area contributed by atoms with Crippen LogP contribution in [-0.2, 0) is 0 Å². The zero-order chi connectivity index (χ0) is 15.2. The van der Waals surface area contributed by atoms with Gasteiger partial charge in [-0.3, -0.25) is 0 Å². The third-order valence-corrected chi connectivity index (χ3v) is 4.17. The first kappa shape index (κ1) is 15.3. The van der Waals surface area contributed by atoms with Gasteiger partial charge in [0.25, 0.3) is 0 Å². The number of hydrogen-bond acceptors (Lipinski definition) is 4. The van der Waals surface area contributed by atoms with Gasteiger partial charge in [0.1, 0.15) is 11.5 Å². The molecule has 4 heteroatoms. The van der Waals surface area contributed by atoms with E-state index in [9.17, 15) is 10.2 Å². The second-order valence-electron chi connectivity index (χ2n) is 4.70. The molecule has 3 N–H and O–H groups in total. The Morgan fingerprint density at radius 3 is 2.71 bits per heavy atom. The smallest absolute Gasteiger partial charge is 0.124 e. The molecular weight excluding hydrogens is 282 g/mol. The van der Waals surface area contributed by atoms with Crippen molar-refractivity contribution in [1.29, 1.82) is 0 Å². The third-order valence-electron chi connectivity index (χ3n) is 3.10.